The quantitative estimate of drug-likeness (QED) is 0.906. The maximum Gasteiger partial charge on any atom is 0.161 e. The van der Waals surface area contributed by atoms with Gasteiger partial charge in [0, 0.05) is 18.3 Å². The molecule has 2 heterocycles. The zero-order chi connectivity index (χ0) is 12.2. The lowest BCUT2D eigenvalue weighted by Gasteiger charge is -2.19. The summed E-state index contributed by atoms with van der Waals surface area (Å²) in [6, 6.07) is 6.21. The van der Waals surface area contributed by atoms with E-state index < -0.39 is 0 Å². The molecule has 1 saturated heterocycles. The molecular weight excluding hydrogens is 246 g/mol. The van der Waals surface area contributed by atoms with Crippen LogP contribution in [0.25, 0.3) is 0 Å². The van der Waals surface area contributed by atoms with E-state index >= 15 is 0 Å². The van der Waals surface area contributed by atoms with E-state index in [4.69, 9.17) is 9.47 Å². The average Bonchev–Trinajstić information content (AvgIpc) is 2.92. The summed E-state index contributed by atoms with van der Waals surface area (Å²) in [7, 11) is 0. The Morgan fingerprint density at radius 2 is 2.11 bits per heavy atom. The summed E-state index contributed by atoms with van der Waals surface area (Å²) in [4.78, 5) is 0. The van der Waals surface area contributed by atoms with Gasteiger partial charge < -0.3 is 14.8 Å². The van der Waals surface area contributed by atoms with Gasteiger partial charge in [-0.1, -0.05) is 6.07 Å². The number of thioether (sulfide) groups is 1. The Bertz CT molecular complexity index is 405. The molecule has 18 heavy (non-hydrogen) atoms. The minimum absolute atomic E-state index is 0.655. The Balaban J connectivity index is 1.52. The average molecular weight is 265 g/mol. The number of nitrogens with one attached hydrogen (secondary N) is 1. The van der Waals surface area contributed by atoms with E-state index in [-0.39, 0.29) is 0 Å². The Labute approximate surface area is 112 Å². The number of benzene rings is 1. The van der Waals surface area contributed by atoms with Crippen molar-refractivity contribution in [3.8, 4) is 11.5 Å². The topological polar surface area (TPSA) is 30.5 Å². The van der Waals surface area contributed by atoms with Crippen LogP contribution in [0.5, 0.6) is 11.5 Å². The Hall–Kier alpha value is -0.870. The summed E-state index contributed by atoms with van der Waals surface area (Å²) in [5.74, 6) is 3.09. The molecule has 98 valence electrons. The zero-order valence-electron chi connectivity index (χ0n) is 10.5. The van der Waals surface area contributed by atoms with Gasteiger partial charge in [0.1, 0.15) is 13.2 Å². The lowest BCUT2D eigenvalue weighted by molar-refractivity contribution is 0.171. The van der Waals surface area contributed by atoms with Crippen molar-refractivity contribution in [1.29, 1.82) is 0 Å². The number of hydrogen-bond donors (Lipinski definition) is 1. The van der Waals surface area contributed by atoms with Crippen LogP contribution in [0, 0.1) is 0 Å². The fourth-order valence-corrected chi connectivity index (χ4v) is 3.62. The first-order chi connectivity index (χ1) is 8.92. The van der Waals surface area contributed by atoms with E-state index in [1.165, 1.54) is 24.2 Å². The highest BCUT2D eigenvalue weighted by Crippen LogP contribution is 2.30. The molecule has 3 nitrogen and oxygen atoms in total. The van der Waals surface area contributed by atoms with Gasteiger partial charge in [0.2, 0.25) is 0 Å². The summed E-state index contributed by atoms with van der Waals surface area (Å²) in [6.07, 6.45) is 2.74. The molecule has 3 rings (SSSR count). The standard InChI is InChI=1S/C14H19NO2S/c1-2-12(18-7-1)10-15-9-11-3-4-13-14(8-11)17-6-5-16-13/h3-4,8,12,15H,1-2,5-7,9-10H2/t12-/m1/s1. The summed E-state index contributed by atoms with van der Waals surface area (Å²) >= 11 is 2.09. The number of ether oxygens (including phenoxy) is 2. The van der Waals surface area contributed by atoms with Gasteiger partial charge >= 0.3 is 0 Å². The molecule has 0 aliphatic carbocycles. The molecule has 0 spiro atoms. The van der Waals surface area contributed by atoms with Crippen molar-refractivity contribution in [2.24, 2.45) is 0 Å². The first kappa shape index (κ1) is 12.2. The van der Waals surface area contributed by atoms with Gasteiger partial charge in [0.05, 0.1) is 0 Å². The van der Waals surface area contributed by atoms with Crippen molar-refractivity contribution in [2.75, 3.05) is 25.5 Å². The molecule has 1 aromatic rings. The Morgan fingerprint density at radius 3 is 2.94 bits per heavy atom. The lowest BCUT2D eigenvalue weighted by atomic mass is 10.2. The SMILES string of the molecule is c1cc2c(cc1CNC[C@H]1CCCS1)OCCO2. The molecule has 1 N–H and O–H groups in total. The third-order valence-corrected chi connectivity index (χ3v) is 4.73. The molecule has 0 saturated carbocycles. The number of fused-ring (bicyclic) bond motifs is 1. The minimum Gasteiger partial charge on any atom is -0.486 e. The van der Waals surface area contributed by atoms with Gasteiger partial charge in [-0.3, -0.25) is 0 Å². The molecule has 1 atom stereocenters. The molecule has 0 radical (unpaired) electrons. The number of rotatable bonds is 4. The first-order valence-corrected chi connectivity index (χ1v) is 7.67. The third kappa shape index (κ3) is 2.93. The van der Waals surface area contributed by atoms with Gasteiger partial charge in [0.15, 0.2) is 11.5 Å². The Morgan fingerprint density at radius 1 is 1.22 bits per heavy atom. The van der Waals surface area contributed by atoms with Crippen LogP contribution in [-0.2, 0) is 6.54 Å². The van der Waals surface area contributed by atoms with Crippen molar-refractivity contribution in [3.63, 3.8) is 0 Å². The second-order valence-electron chi connectivity index (χ2n) is 4.74. The first-order valence-electron chi connectivity index (χ1n) is 6.63. The van der Waals surface area contributed by atoms with Crippen molar-refractivity contribution in [3.05, 3.63) is 23.8 Å². The monoisotopic (exact) mass is 265 g/mol. The second-order valence-corrected chi connectivity index (χ2v) is 6.15. The molecule has 2 aliphatic rings. The van der Waals surface area contributed by atoms with Gasteiger partial charge in [-0.05, 0) is 36.3 Å². The van der Waals surface area contributed by atoms with Crippen molar-refractivity contribution >= 4 is 11.8 Å². The van der Waals surface area contributed by atoms with E-state index in [9.17, 15) is 0 Å². The normalized spacial score (nSPS) is 22.1. The molecule has 1 aromatic carbocycles. The van der Waals surface area contributed by atoms with Crippen molar-refractivity contribution < 1.29 is 9.47 Å². The van der Waals surface area contributed by atoms with Crippen molar-refractivity contribution in [2.45, 2.75) is 24.6 Å². The highest BCUT2D eigenvalue weighted by atomic mass is 32.2. The van der Waals surface area contributed by atoms with E-state index in [1.807, 2.05) is 6.07 Å². The van der Waals surface area contributed by atoms with Crippen LogP contribution in [0.3, 0.4) is 0 Å². The maximum absolute atomic E-state index is 5.59. The van der Waals surface area contributed by atoms with Crippen LogP contribution in [0.1, 0.15) is 18.4 Å². The number of hydrogen-bond acceptors (Lipinski definition) is 4. The molecule has 0 unspecified atom stereocenters. The maximum atomic E-state index is 5.59. The van der Waals surface area contributed by atoms with Gasteiger partial charge in [-0.25, -0.2) is 0 Å². The van der Waals surface area contributed by atoms with Gasteiger partial charge in [-0.2, -0.15) is 11.8 Å². The van der Waals surface area contributed by atoms with Crippen LogP contribution in [0.15, 0.2) is 18.2 Å². The van der Waals surface area contributed by atoms with E-state index in [2.05, 4.69) is 29.2 Å². The molecule has 0 bridgehead atoms. The molecule has 0 aromatic heterocycles. The third-order valence-electron chi connectivity index (χ3n) is 3.33. The van der Waals surface area contributed by atoms with Crippen LogP contribution < -0.4 is 14.8 Å². The van der Waals surface area contributed by atoms with E-state index in [0.29, 0.717) is 13.2 Å². The fraction of sp³-hybridized carbons (Fsp3) is 0.571. The van der Waals surface area contributed by atoms with Gasteiger partial charge in [0.25, 0.3) is 0 Å². The van der Waals surface area contributed by atoms with Crippen LogP contribution in [0.2, 0.25) is 0 Å². The molecular formula is C14H19NO2S. The highest BCUT2D eigenvalue weighted by molar-refractivity contribution is 8.00. The van der Waals surface area contributed by atoms with Crippen LogP contribution in [0.4, 0.5) is 0 Å². The molecule has 2 aliphatic heterocycles. The predicted molar refractivity (Wildman–Crippen MR) is 74.6 cm³/mol. The smallest absolute Gasteiger partial charge is 0.161 e. The summed E-state index contributed by atoms with van der Waals surface area (Å²) in [6.45, 7) is 3.33. The predicted octanol–water partition coefficient (Wildman–Crippen LogP) is 2.44. The summed E-state index contributed by atoms with van der Waals surface area (Å²) in [5, 5.41) is 4.34. The van der Waals surface area contributed by atoms with Crippen LogP contribution >= 0.6 is 11.8 Å². The van der Waals surface area contributed by atoms with Crippen molar-refractivity contribution in [1.82, 2.24) is 5.32 Å². The largest absolute Gasteiger partial charge is 0.486 e. The van der Waals surface area contributed by atoms with Crippen LogP contribution in [-0.4, -0.2) is 30.8 Å². The second kappa shape index (κ2) is 5.85. The van der Waals surface area contributed by atoms with Gasteiger partial charge in [-0.15, -0.1) is 0 Å². The Kier molecular flexibility index (Phi) is 3.96. The summed E-state index contributed by atoms with van der Waals surface area (Å²) < 4.78 is 11.1. The molecule has 0 amide bonds. The zero-order valence-corrected chi connectivity index (χ0v) is 11.3. The molecule has 1 fully saturated rings. The van der Waals surface area contributed by atoms with E-state index in [0.717, 1.165) is 29.8 Å². The molecule has 4 heteroatoms. The lowest BCUT2D eigenvalue weighted by Crippen LogP contribution is -2.23. The highest BCUT2D eigenvalue weighted by Gasteiger charge is 2.15. The van der Waals surface area contributed by atoms with E-state index in [1.54, 1.807) is 0 Å². The fourth-order valence-electron chi connectivity index (χ4n) is 2.38. The minimum atomic E-state index is 0.655. The summed E-state index contributed by atoms with van der Waals surface area (Å²) in [5.41, 5.74) is 1.27.